The molecule has 0 aromatic heterocycles. The summed E-state index contributed by atoms with van der Waals surface area (Å²) in [6, 6.07) is 17.6. The van der Waals surface area contributed by atoms with Crippen LogP contribution in [0.4, 0.5) is 10.1 Å². The number of nitrogens with one attached hydrogen (secondary N) is 1. The summed E-state index contributed by atoms with van der Waals surface area (Å²) < 4.78 is 14.0. The van der Waals surface area contributed by atoms with E-state index in [-0.39, 0.29) is 17.6 Å². The lowest BCUT2D eigenvalue weighted by Crippen LogP contribution is -2.41. The number of halogens is 1. The van der Waals surface area contributed by atoms with Crippen LogP contribution >= 0.6 is 0 Å². The molecule has 2 heterocycles. The van der Waals surface area contributed by atoms with Gasteiger partial charge in [0.05, 0.1) is 5.69 Å². The van der Waals surface area contributed by atoms with Crippen LogP contribution in [0.3, 0.4) is 0 Å². The predicted molar refractivity (Wildman–Crippen MR) is 123 cm³/mol. The Morgan fingerprint density at radius 2 is 1.58 bits per heavy atom. The Balaban J connectivity index is 1.12. The van der Waals surface area contributed by atoms with E-state index >= 15 is 0 Å². The van der Waals surface area contributed by atoms with E-state index in [0.29, 0.717) is 11.6 Å². The monoisotopic (exact) mass is 423 g/mol. The summed E-state index contributed by atoms with van der Waals surface area (Å²) in [5, 5.41) is 3.17. The minimum absolute atomic E-state index is 0.0516. The Bertz CT molecular complexity index is 828. The summed E-state index contributed by atoms with van der Waals surface area (Å²) >= 11 is 0. The molecule has 0 aliphatic carbocycles. The Kier molecular flexibility index (Phi) is 7.57. The average molecular weight is 424 g/mol. The van der Waals surface area contributed by atoms with Crippen molar-refractivity contribution in [2.75, 3.05) is 37.6 Å². The van der Waals surface area contributed by atoms with E-state index in [4.69, 9.17) is 0 Å². The van der Waals surface area contributed by atoms with Crippen molar-refractivity contribution in [3.05, 3.63) is 66.0 Å². The van der Waals surface area contributed by atoms with Crippen LogP contribution in [0.15, 0.2) is 54.6 Å². The number of piperidine rings is 2. The predicted octanol–water partition coefficient (Wildman–Crippen LogP) is 4.46. The first-order valence-electron chi connectivity index (χ1n) is 11.7. The van der Waals surface area contributed by atoms with E-state index in [9.17, 15) is 9.18 Å². The molecule has 0 atom stereocenters. The quantitative estimate of drug-likeness (QED) is 0.714. The van der Waals surface area contributed by atoms with Crippen molar-refractivity contribution in [3.63, 3.8) is 0 Å². The lowest BCUT2D eigenvalue weighted by Gasteiger charge is -2.33. The zero-order valence-electron chi connectivity index (χ0n) is 18.3. The first-order chi connectivity index (χ1) is 15.2. The van der Waals surface area contributed by atoms with Crippen LogP contribution in [0.2, 0.25) is 0 Å². The first kappa shape index (κ1) is 21.8. The van der Waals surface area contributed by atoms with Gasteiger partial charge >= 0.3 is 0 Å². The molecule has 2 fully saturated rings. The second-order valence-electron chi connectivity index (χ2n) is 9.00. The highest BCUT2D eigenvalue weighted by molar-refractivity contribution is 5.79. The first-order valence-corrected chi connectivity index (χ1v) is 11.7. The Morgan fingerprint density at radius 3 is 2.29 bits per heavy atom. The maximum absolute atomic E-state index is 14.0. The normalized spacial score (nSPS) is 18.8. The van der Waals surface area contributed by atoms with Gasteiger partial charge in [0.2, 0.25) is 5.91 Å². The number of carbonyl (C=O) groups is 1. The van der Waals surface area contributed by atoms with Crippen molar-refractivity contribution in [1.82, 2.24) is 10.2 Å². The lowest BCUT2D eigenvalue weighted by molar-refractivity contribution is -0.125. The minimum Gasteiger partial charge on any atom is -0.369 e. The van der Waals surface area contributed by atoms with Gasteiger partial charge < -0.3 is 10.2 Å². The van der Waals surface area contributed by atoms with Crippen LogP contribution < -0.4 is 10.2 Å². The molecule has 2 aliphatic rings. The molecule has 4 nitrogen and oxygen atoms in total. The summed E-state index contributed by atoms with van der Waals surface area (Å²) in [6.07, 6.45) is 5.07. The maximum atomic E-state index is 14.0. The molecule has 2 saturated heterocycles. The van der Waals surface area contributed by atoms with Gasteiger partial charge in [-0.2, -0.15) is 0 Å². The summed E-state index contributed by atoms with van der Waals surface area (Å²) in [4.78, 5) is 17.2. The van der Waals surface area contributed by atoms with E-state index in [1.807, 2.05) is 12.1 Å². The molecule has 166 valence electrons. The number of nitrogens with zero attached hydrogens (tertiary/aromatic N) is 2. The summed E-state index contributed by atoms with van der Waals surface area (Å²) in [5.74, 6) is 0.751. The van der Waals surface area contributed by atoms with E-state index in [1.54, 1.807) is 6.07 Å². The van der Waals surface area contributed by atoms with Crippen molar-refractivity contribution in [2.24, 2.45) is 11.8 Å². The summed E-state index contributed by atoms with van der Waals surface area (Å²) in [6.45, 7) is 5.56. The maximum Gasteiger partial charge on any atom is 0.223 e. The van der Waals surface area contributed by atoms with E-state index in [1.165, 1.54) is 24.5 Å². The van der Waals surface area contributed by atoms with Gasteiger partial charge in [-0.1, -0.05) is 42.5 Å². The smallest absolute Gasteiger partial charge is 0.223 e. The number of para-hydroxylation sites is 1. The van der Waals surface area contributed by atoms with Gasteiger partial charge in [0.15, 0.2) is 0 Å². The molecule has 0 saturated carbocycles. The molecule has 0 unspecified atom stereocenters. The van der Waals surface area contributed by atoms with Gasteiger partial charge in [0.25, 0.3) is 0 Å². The molecule has 2 aromatic carbocycles. The number of hydrogen-bond acceptors (Lipinski definition) is 3. The third-order valence-electron chi connectivity index (χ3n) is 6.87. The molecule has 1 amide bonds. The number of amides is 1. The number of anilines is 1. The molecular weight excluding hydrogens is 389 g/mol. The van der Waals surface area contributed by atoms with Crippen LogP contribution in [0, 0.1) is 17.7 Å². The molecule has 31 heavy (non-hydrogen) atoms. The average Bonchev–Trinajstić information content (AvgIpc) is 2.81. The molecule has 5 heteroatoms. The van der Waals surface area contributed by atoms with Gasteiger partial charge in [-0.15, -0.1) is 0 Å². The Hall–Kier alpha value is -2.40. The van der Waals surface area contributed by atoms with Crippen LogP contribution in [0.5, 0.6) is 0 Å². The van der Waals surface area contributed by atoms with Gasteiger partial charge in [-0.3, -0.25) is 9.69 Å². The summed E-state index contributed by atoms with van der Waals surface area (Å²) in [5.41, 5.74) is 2.04. The molecule has 2 aromatic rings. The molecule has 2 aliphatic heterocycles. The highest BCUT2D eigenvalue weighted by atomic mass is 19.1. The van der Waals surface area contributed by atoms with E-state index in [2.05, 4.69) is 45.4 Å². The van der Waals surface area contributed by atoms with Crippen molar-refractivity contribution in [1.29, 1.82) is 0 Å². The van der Waals surface area contributed by atoms with Crippen molar-refractivity contribution in [3.8, 4) is 0 Å². The second-order valence-corrected chi connectivity index (χ2v) is 9.00. The largest absolute Gasteiger partial charge is 0.369 e. The van der Waals surface area contributed by atoms with Crippen molar-refractivity contribution in [2.45, 2.75) is 38.6 Å². The Labute approximate surface area is 185 Å². The number of rotatable bonds is 7. The molecule has 0 spiro atoms. The lowest BCUT2D eigenvalue weighted by atomic mass is 9.92. The minimum atomic E-state index is -0.180. The number of hydrogen-bond donors (Lipinski definition) is 1. The fourth-order valence-corrected chi connectivity index (χ4v) is 4.91. The third-order valence-corrected chi connectivity index (χ3v) is 6.87. The zero-order valence-corrected chi connectivity index (χ0v) is 18.3. The standard InChI is InChI=1S/C26H34FN3O/c27-24-8-4-5-9-25(24)30-18-13-23(14-19-30)26(31)28-15-10-21-11-16-29(17-12-21)20-22-6-2-1-3-7-22/h1-9,21,23H,10-20H2,(H,28,31). The third kappa shape index (κ3) is 6.07. The van der Waals surface area contributed by atoms with Crippen LogP contribution in [0.1, 0.15) is 37.7 Å². The molecule has 1 N–H and O–H groups in total. The second kappa shape index (κ2) is 10.8. The Morgan fingerprint density at radius 1 is 0.903 bits per heavy atom. The molecule has 0 radical (unpaired) electrons. The van der Waals surface area contributed by atoms with E-state index < -0.39 is 0 Å². The highest BCUT2D eigenvalue weighted by Gasteiger charge is 2.26. The SMILES string of the molecule is O=C(NCCC1CCN(Cc2ccccc2)CC1)C1CCN(c2ccccc2F)CC1. The van der Waals surface area contributed by atoms with Gasteiger partial charge in [0, 0.05) is 32.1 Å². The van der Waals surface area contributed by atoms with Gasteiger partial charge in [-0.25, -0.2) is 4.39 Å². The van der Waals surface area contributed by atoms with Gasteiger partial charge in [0.1, 0.15) is 5.82 Å². The highest BCUT2D eigenvalue weighted by Crippen LogP contribution is 2.26. The number of carbonyl (C=O) groups excluding carboxylic acids is 1. The fraction of sp³-hybridized carbons (Fsp3) is 0.500. The van der Waals surface area contributed by atoms with Crippen LogP contribution in [-0.4, -0.2) is 43.5 Å². The fourth-order valence-electron chi connectivity index (χ4n) is 4.91. The molecular formula is C26H34FN3O. The number of benzene rings is 2. The molecule has 0 bridgehead atoms. The number of likely N-dealkylation sites (tertiary alicyclic amines) is 1. The van der Waals surface area contributed by atoms with Crippen molar-refractivity contribution < 1.29 is 9.18 Å². The topological polar surface area (TPSA) is 35.6 Å². The zero-order chi connectivity index (χ0) is 21.5. The van der Waals surface area contributed by atoms with Crippen LogP contribution in [-0.2, 0) is 11.3 Å². The molecule has 4 rings (SSSR count). The van der Waals surface area contributed by atoms with Crippen LogP contribution in [0.25, 0.3) is 0 Å². The van der Waals surface area contributed by atoms with E-state index in [0.717, 1.165) is 58.5 Å². The van der Waals surface area contributed by atoms with Crippen molar-refractivity contribution >= 4 is 11.6 Å². The summed E-state index contributed by atoms with van der Waals surface area (Å²) in [7, 11) is 0. The van der Waals surface area contributed by atoms with Gasteiger partial charge in [-0.05, 0) is 68.8 Å².